The predicted octanol–water partition coefficient (Wildman–Crippen LogP) is 1.97. The molecule has 1 atom stereocenters. The second-order valence-corrected chi connectivity index (χ2v) is 7.23. The van der Waals surface area contributed by atoms with Crippen molar-refractivity contribution in [3.05, 3.63) is 35.6 Å². The second-order valence-electron chi connectivity index (χ2n) is 7.23. The zero-order valence-corrected chi connectivity index (χ0v) is 15.5. The van der Waals surface area contributed by atoms with Crippen LogP contribution >= 0.6 is 0 Å². The van der Waals surface area contributed by atoms with Gasteiger partial charge in [0.1, 0.15) is 5.82 Å². The molecule has 1 aliphatic heterocycles. The van der Waals surface area contributed by atoms with E-state index in [1.54, 1.807) is 31.1 Å². The number of likely N-dealkylation sites (N-methyl/N-ethyl adjacent to an activating group) is 1. The van der Waals surface area contributed by atoms with E-state index in [1.807, 2.05) is 4.90 Å². The number of halogens is 1. The van der Waals surface area contributed by atoms with E-state index in [0.29, 0.717) is 32.6 Å². The first-order valence-corrected chi connectivity index (χ1v) is 8.74. The van der Waals surface area contributed by atoms with Crippen LogP contribution in [0.25, 0.3) is 0 Å². The van der Waals surface area contributed by atoms with Gasteiger partial charge in [0.2, 0.25) is 11.8 Å². The lowest BCUT2D eigenvalue weighted by Gasteiger charge is -2.35. The fourth-order valence-electron chi connectivity index (χ4n) is 3.08. The smallest absolute Gasteiger partial charge is 0.236 e. The molecule has 0 spiro atoms. The molecular formula is C19H28FN3O2. The molecule has 1 saturated heterocycles. The summed E-state index contributed by atoms with van der Waals surface area (Å²) < 4.78 is 13.1. The average molecular weight is 349 g/mol. The molecule has 1 heterocycles. The van der Waals surface area contributed by atoms with Crippen molar-refractivity contribution in [2.75, 3.05) is 33.7 Å². The third-order valence-corrected chi connectivity index (χ3v) is 4.70. The van der Waals surface area contributed by atoms with Gasteiger partial charge in [0.05, 0.1) is 6.54 Å². The fourth-order valence-corrected chi connectivity index (χ4v) is 3.08. The van der Waals surface area contributed by atoms with E-state index in [9.17, 15) is 14.0 Å². The van der Waals surface area contributed by atoms with Gasteiger partial charge in [-0.1, -0.05) is 26.0 Å². The van der Waals surface area contributed by atoms with Crippen molar-refractivity contribution < 1.29 is 14.0 Å². The van der Waals surface area contributed by atoms with Crippen molar-refractivity contribution >= 4 is 11.8 Å². The van der Waals surface area contributed by atoms with Crippen LogP contribution in [0.2, 0.25) is 0 Å². The van der Waals surface area contributed by atoms with Gasteiger partial charge in [-0.05, 0) is 23.6 Å². The minimum atomic E-state index is -0.278. The van der Waals surface area contributed by atoms with E-state index in [2.05, 4.69) is 18.7 Å². The largest absolute Gasteiger partial charge is 0.348 e. The van der Waals surface area contributed by atoms with Crippen LogP contribution in [0, 0.1) is 11.7 Å². The minimum absolute atomic E-state index is 0.0232. The Morgan fingerprint density at radius 1 is 1.28 bits per heavy atom. The molecular weight excluding hydrogens is 321 g/mol. The first-order valence-electron chi connectivity index (χ1n) is 8.74. The van der Waals surface area contributed by atoms with Crippen LogP contribution in [0.3, 0.4) is 0 Å². The van der Waals surface area contributed by atoms with Crippen molar-refractivity contribution in [2.45, 2.75) is 32.9 Å². The van der Waals surface area contributed by atoms with E-state index in [0.717, 1.165) is 5.56 Å². The third-order valence-electron chi connectivity index (χ3n) is 4.70. The fraction of sp³-hybridized carbons (Fsp3) is 0.579. The molecule has 0 aliphatic carbocycles. The zero-order chi connectivity index (χ0) is 18.6. The van der Waals surface area contributed by atoms with Crippen LogP contribution < -0.4 is 0 Å². The van der Waals surface area contributed by atoms with Gasteiger partial charge in [-0.2, -0.15) is 0 Å². The highest BCUT2D eigenvalue weighted by atomic mass is 19.1. The molecule has 138 valence electrons. The average Bonchev–Trinajstić information content (AvgIpc) is 2.70. The maximum atomic E-state index is 13.1. The molecule has 0 saturated carbocycles. The van der Waals surface area contributed by atoms with Crippen molar-refractivity contribution in [3.8, 4) is 0 Å². The maximum Gasteiger partial charge on any atom is 0.236 e. The molecule has 1 aromatic rings. The van der Waals surface area contributed by atoms with Crippen LogP contribution in [0.5, 0.6) is 0 Å². The number of hydrogen-bond acceptors (Lipinski definition) is 3. The van der Waals surface area contributed by atoms with E-state index in [4.69, 9.17) is 0 Å². The van der Waals surface area contributed by atoms with Crippen molar-refractivity contribution in [2.24, 2.45) is 5.92 Å². The number of benzene rings is 1. The molecule has 1 unspecified atom stereocenters. The molecule has 0 bridgehead atoms. The van der Waals surface area contributed by atoms with E-state index in [1.165, 1.54) is 12.1 Å². The molecule has 2 amide bonds. The standard InChI is InChI=1S/C19H28FN3O2/c1-14(2)17-12-22(13-19(25)21(3)4)10-9-18(24)23(17)11-15-5-7-16(20)8-6-15/h5-8,14,17H,9-13H2,1-4H3. The molecule has 2 rings (SSSR count). The topological polar surface area (TPSA) is 43.9 Å². The molecule has 5 nitrogen and oxygen atoms in total. The van der Waals surface area contributed by atoms with Gasteiger partial charge in [0.15, 0.2) is 0 Å². The molecule has 25 heavy (non-hydrogen) atoms. The van der Waals surface area contributed by atoms with Crippen LogP contribution in [0.4, 0.5) is 4.39 Å². The maximum absolute atomic E-state index is 13.1. The normalized spacial score (nSPS) is 19.2. The van der Waals surface area contributed by atoms with Crippen molar-refractivity contribution in [1.29, 1.82) is 0 Å². The Balaban J connectivity index is 2.15. The summed E-state index contributed by atoms with van der Waals surface area (Å²) in [5.74, 6) is 0.115. The number of hydrogen-bond donors (Lipinski definition) is 0. The molecule has 0 radical (unpaired) electrons. The second kappa shape index (κ2) is 8.43. The van der Waals surface area contributed by atoms with Gasteiger partial charge >= 0.3 is 0 Å². The third kappa shape index (κ3) is 5.26. The van der Waals surface area contributed by atoms with E-state index in [-0.39, 0.29) is 29.6 Å². The molecule has 1 fully saturated rings. The first-order chi connectivity index (χ1) is 11.8. The SMILES string of the molecule is CC(C)C1CN(CC(=O)N(C)C)CCC(=O)N1Cc1ccc(F)cc1. The number of carbonyl (C=O) groups excluding carboxylic acids is 2. The Hall–Kier alpha value is -1.95. The van der Waals surface area contributed by atoms with Crippen LogP contribution in [0.15, 0.2) is 24.3 Å². The number of amides is 2. The molecule has 6 heteroatoms. The van der Waals surface area contributed by atoms with E-state index >= 15 is 0 Å². The van der Waals surface area contributed by atoms with Crippen molar-refractivity contribution in [3.63, 3.8) is 0 Å². The summed E-state index contributed by atoms with van der Waals surface area (Å²) in [5.41, 5.74) is 0.915. The van der Waals surface area contributed by atoms with Gasteiger partial charge in [-0.3, -0.25) is 14.5 Å². The summed E-state index contributed by atoms with van der Waals surface area (Å²) in [5, 5.41) is 0. The Kier molecular flexibility index (Phi) is 6.53. The molecule has 1 aromatic carbocycles. The van der Waals surface area contributed by atoms with Gasteiger partial charge < -0.3 is 9.80 Å². The number of nitrogens with zero attached hydrogens (tertiary/aromatic N) is 3. The Morgan fingerprint density at radius 2 is 1.92 bits per heavy atom. The highest BCUT2D eigenvalue weighted by Crippen LogP contribution is 2.21. The summed E-state index contributed by atoms with van der Waals surface area (Å²) >= 11 is 0. The van der Waals surface area contributed by atoms with Gasteiger partial charge in [0.25, 0.3) is 0 Å². The summed E-state index contributed by atoms with van der Waals surface area (Å²) in [4.78, 5) is 30.3. The highest BCUT2D eigenvalue weighted by molar-refractivity contribution is 5.79. The highest BCUT2D eigenvalue weighted by Gasteiger charge is 2.32. The zero-order valence-electron chi connectivity index (χ0n) is 15.5. The predicted molar refractivity (Wildman–Crippen MR) is 95.3 cm³/mol. The van der Waals surface area contributed by atoms with Crippen molar-refractivity contribution in [1.82, 2.24) is 14.7 Å². The molecule has 0 aromatic heterocycles. The summed E-state index contributed by atoms with van der Waals surface area (Å²) in [6, 6.07) is 6.31. The molecule has 1 aliphatic rings. The van der Waals surface area contributed by atoms with Crippen LogP contribution in [-0.2, 0) is 16.1 Å². The van der Waals surface area contributed by atoms with Crippen LogP contribution in [-0.4, -0.2) is 66.3 Å². The Morgan fingerprint density at radius 3 is 2.48 bits per heavy atom. The Labute approximate surface area is 149 Å². The summed E-state index contributed by atoms with van der Waals surface area (Å²) in [6.07, 6.45) is 0.394. The minimum Gasteiger partial charge on any atom is -0.348 e. The molecule has 0 N–H and O–H groups in total. The summed E-state index contributed by atoms with van der Waals surface area (Å²) in [6.45, 7) is 6.23. The van der Waals surface area contributed by atoms with Gasteiger partial charge in [-0.15, -0.1) is 0 Å². The number of rotatable bonds is 5. The lowest BCUT2D eigenvalue weighted by Crippen LogP contribution is -2.47. The van der Waals surface area contributed by atoms with Gasteiger partial charge in [-0.25, -0.2) is 4.39 Å². The monoisotopic (exact) mass is 349 g/mol. The van der Waals surface area contributed by atoms with E-state index < -0.39 is 0 Å². The van der Waals surface area contributed by atoms with Gasteiger partial charge in [0, 0.05) is 46.2 Å². The summed E-state index contributed by atoms with van der Waals surface area (Å²) in [7, 11) is 3.48. The number of carbonyl (C=O) groups is 2. The lowest BCUT2D eigenvalue weighted by atomic mass is 10.0. The Bertz CT molecular complexity index is 601. The van der Waals surface area contributed by atoms with Crippen LogP contribution in [0.1, 0.15) is 25.8 Å². The first kappa shape index (κ1) is 19.4. The lowest BCUT2D eigenvalue weighted by molar-refractivity contribution is -0.134. The quantitative estimate of drug-likeness (QED) is 0.816.